The molecule has 12 nitrogen and oxygen atoms in total. The third-order valence-electron chi connectivity index (χ3n) is 9.01. The largest absolute Gasteiger partial charge is 0.479 e. The Kier molecular flexibility index (Phi) is 17.3. The lowest BCUT2D eigenvalue weighted by Gasteiger charge is -2.27. The van der Waals surface area contributed by atoms with Gasteiger partial charge in [-0.2, -0.15) is 31.3 Å². The van der Waals surface area contributed by atoms with Crippen LogP contribution in [0.5, 0.6) is 0 Å². The molecule has 59 heavy (non-hydrogen) atoms. The molecular weight excluding hydrogens is 797 g/mol. The molecule has 1 aromatic heterocycles. The summed E-state index contributed by atoms with van der Waals surface area (Å²) < 4.78 is 93.6. The van der Waals surface area contributed by atoms with Crippen molar-refractivity contribution in [3.8, 4) is 11.1 Å². The summed E-state index contributed by atoms with van der Waals surface area (Å²) in [5.74, 6) is -4.26. The fourth-order valence-electron chi connectivity index (χ4n) is 5.64. The number of rotatable bonds is 17. The Balaban J connectivity index is 0.000000821. The maximum Gasteiger partial charge on any atom is 0.416 e. The van der Waals surface area contributed by atoms with Crippen LogP contribution in [0.15, 0.2) is 83.8 Å². The Hall–Kier alpha value is -5.66. The molecule has 0 bridgehead atoms. The molecule has 1 heterocycles. The fourth-order valence-corrected chi connectivity index (χ4v) is 5.64. The summed E-state index contributed by atoms with van der Waals surface area (Å²) in [6, 6.07) is 17.5. The van der Waals surface area contributed by atoms with Gasteiger partial charge in [-0.15, -0.1) is 0 Å². The zero-order valence-electron chi connectivity index (χ0n) is 31.9. The van der Waals surface area contributed by atoms with Gasteiger partial charge in [-0.25, -0.2) is 14.0 Å². The van der Waals surface area contributed by atoms with E-state index in [-0.39, 0.29) is 25.3 Å². The molecule has 0 radical (unpaired) electrons. The number of nitrogens with zero attached hydrogens (tertiary/aromatic N) is 4. The van der Waals surface area contributed by atoms with Crippen molar-refractivity contribution in [2.45, 2.75) is 70.8 Å². The van der Waals surface area contributed by atoms with Crippen molar-refractivity contribution in [1.29, 1.82) is 0 Å². The molecule has 0 saturated carbocycles. The van der Waals surface area contributed by atoms with E-state index in [4.69, 9.17) is 20.4 Å². The lowest BCUT2D eigenvalue weighted by molar-refractivity contribution is -0.165. The van der Waals surface area contributed by atoms with E-state index in [1.165, 1.54) is 28.8 Å². The van der Waals surface area contributed by atoms with Crippen molar-refractivity contribution in [2.24, 2.45) is 0 Å². The number of aryl methyl sites for hydroxylation is 2. The van der Waals surface area contributed by atoms with Crippen molar-refractivity contribution in [3.63, 3.8) is 0 Å². The van der Waals surface area contributed by atoms with E-state index in [1.807, 2.05) is 13.8 Å². The van der Waals surface area contributed by atoms with Crippen LogP contribution in [0.25, 0.3) is 11.1 Å². The van der Waals surface area contributed by atoms with Crippen LogP contribution in [-0.4, -0.2) is 102 Å². The number of aliphatic hydroxyl groups excluding tert-OH is 2. The Morgan fingerprint density at radius 2 is 1.25 bits per heavy atom. The minimum absolute atomic E-state index is 0.116. The number of benzene rings is 3. The SMILES string of the molecule is CCN(CC)CCN(Cc1ccc(-c2ccc(C(F)(F)F)cc2)cc1)C(=O)Cn1cc(CC(F)(F)F)c(=O)nc1CCc1ccc(F)cc1.O=C(O)C(O)C(O)C(=O)O. The van der Waals surface area contributed by atoms with E-state index < -0.39 is 71.3 Å². The van der Waals surface area contributed by atoms with Gasteiger partial charge in [-0.1, -0.05) is 62.4 Å². The predicted molar refractivity (Wildman–Crippen MR) is 199 cm³/mol. The summed E-state index contributed by atoms with van der Waals surface area (Å²) in [4.78, 5) is 53.6. The molecule has 0 aliphatic heterocycles. The normalized spacial score (nSPS) is 12.7. The van der Waals surface area contributed by atoms with Crippen molar-refractivity contribution >= 4 is 17.8 Å². The number of hydrogen-bond donors (Lipinski definition) is 4. The molecule has 4 N–H and O–H groups in total. The summed E-state index contributed by atoms with van der Waals surface area (Å²) >= 11 is 0. The topological polar surface area (TPSA) is 173 Å². The average molecular weight is 841 g/mol. The van der Waals surface area contributed by atoms with E-state index in [0.717, 1.165) is 37.0 Å². The van der Waals surface area contributed by atoms with E-state index >= 15 is 0 Å². The van der Waals surface area contributed by atoms with Crippen LogP contribution in [0.3, 0.4) is 0 Å². The fraction of sp³-hybridized carbons (Fsp3) is 0.375. The molecule has 3 aromatic carbocycles. The van der Waals surface area contributed by atoms with Gasteiger partial charge in [0.15, 0.2) is 12.2 Å². The zero-order chi connectivity index (χ0) is 44.1. The number of likely N-dealkylation sites (N-methyl/N-ethyl adjacent to an activating group) is 1. The van der Waals surface area contributed by atoms with Crippen molar-refractivity contribution in [2.75, 3.05) is 26.2 Å². The predicted octanol–water partition coefficient (Wildman–Crippen LogP) is 5.21. The minimum atomic E-state index is -4.67. The first kappa shape index (κ1) is 47.7. The van der Waals surface area contributed by atoms with E-state index in [2.05, 4.69) is 9.88 Å². The first-order valence-electron chi connectivity index (χ1n) is 18.1. The standard InChI is InChI=1S/C36H37F7N4O2.C4H6O6/c1-3-45(4-2)19-20-46(22-26-5-10-27(11-6-26)28-12-14-30(15-13-28)36(41,42)43)33(48)24-47-23-29(21-35(38,39)40)34(49)44-32(47)18-9-25-7-16-31(37)17-8-25;5-1(3(7)8)2(6)4(9)10/h5-8,10-17,23H,3-4,9,18-22,24H2,1-2H3;1-2,5-6H,(H,7,8)(H,9,10). The van der Waals surface area contributed by atoms with Gasteiger partial charge in [0.25, 0.3) is 5.56 Å². The number of aromatic nitrogens is 2. The Morgan fingerprint density at radius 3 is 1.73 bits per heavy atom. The van der Waals surface area contributed by atoms with Crippen LogP contribution in [0.1, 0.15) is 41.9 Å². The van der Waals surface area contributed by atoms with Gasteiger partial charge in [0.05, 0.1) is 12.0 Å². The summed E-state index contributed by atoms with van der Waals surface area (Å²) in [5, 5.41) is 32.5. The second kappa shape index (κ2) is 21.4. The van der Waals surface area contributed by atoms with Crippen LogP contribution in [0.4, 0.5) is 30.7 Å². The second-order valence-corrected chi connectivity index (χ2v) is 13.2. The van der Waals surface area contributed by atoms with Crippen LogP contribution in [-0.2, 0) is 52.9 Å². The summed E-state index contributed by atoms with van der Waals surface area (Å²) in [7, 11) is 0. The smallest absolute Gasteiger partial charge is 0.416 e. The van der Waals surface area contributed by atoms with Gasteiger partial charge in [0.1, 0.15) is 18.2 Å². The molecular formula is C40H43F7N4O8. The number of carbonyl (C=O) groups is 3. The maximum absolute atomic E-state index is 13.9. The van der Waals surface area contributed by atoms with Crippen LogP contribution < -0.4 is 5.56 Å². The quantitative estimate of drug-likeness (QED) is 0.104. The van der Waals surface area contributed by atoms with Crippen molar-refractivity contribution in [3.05, 3.63) is 123 Å². The number of aliphatic carboxylic acids is 2. The molecule has 1 amide bonds. The maximum atomic E-state index is 13.9. The van der Waals surface area contributed by atoms with Crippen LogP contribution in [0, 0.1) is 5.82 Å². The summed E-state index contributed by atoms with van der Waals surface area (Å²) in [6.07, 6.45) is -13.7. The number of amides is 1. The lowest BCUT2D eigenvalue weighted by Crippen LogP contribution is -2.40. The third kappa shape index (κ3) is 15.2. The number of carbonyl (C=O) groups excluding carboxylic acids is 1. The molecule has 4 aromatic rings. The summed E-state index contributed by atoms with van der Waals surface area (Å²) in [6.45, 7) is 6.04. The lowest BCUT2D eigenvalue weighted by atomic mass is 10.0. The Labute approximate surface area is 333 Å². The molecule has 0 fully saturated rings. The molecule has 4 rings (SSSR count). The van der Waals surface area contributed by atoms with Gasteiger partial charge in [0.2, 0.25) is 5.91 Å². The van der Waals surface area contributed by atoms with Crippen molar-refractivity contribution < 1.29 is 65.5 Å². The first-order valence-corrected chi connectivity index (χ1v) is 18.1. The molecule has 0 aliphatic carbocycles. The van der Waals surface area contributed by atoms with Crippen LogP contribution in [0.2, 0.25) is 0 Å². The van der Waals surface area contributed by atoms with Gasteiger partial charge < -0.3 is 34.8 Å². The molecule has 0 saturated heterocycles. The molecule has 2 unspecified atom stereocenters. The molecule has 0 spiro atoms. The van der Waals surface area contributed by atoms with Gasteiger partial charge in [-0.05, 0) is 66.0 Å². The third-order valence-corrected chi connectivity index (χ3v) is 9.01. The molecule has 19 heteroatoms. The van der Waals surface area contributed by atoms with Gasteiger partial charge in [-0.3, -0.25) is 9.59 Å². The Morgan fingerprint density at radius 1 is 0.746 bits per heavy atom. The Bertz CT molecular complexity index is 2040. The highest BCUT2D eigenvalue weighted by Crippen LogP contribution is 2.31. The highest BCUT2D eigenvalue weighted by Gasteiger charge is 2.32. The van der Waals surface area contributed by atoms with E-state index in [1.54, 1.807) is 41.3 Å². The van der Waals surface area contributed by atoms with Gasteiger partial charge in [0, 0.05) is 37.8 Å². The molecule has 0 aliphatic rings. The number of carboxylic acid groups (broad SMARTS) is 2. The number of hydrogen-bond acceptors (Lipinski definition) is 8. The van der Waals surface area contributed by atoms with Crippen molar-refractivity contribution in [1.82, 2.24) is 19.4 Å². The minimum Gasteiger partial charge on any atom is -0.479 e. The number of carboxylic acids is 2. The highest BCUT2D eigenvalue weighted by atomic mass is 19.4. The highest BCUT2D eigenvalue weighted by molar-refractivity contribution is 5.83. The van der Waals surface area contributed by atoms with E-state index in [9.17, 15) is 49.9 Å². The summed E-state index contributed by atoms with van der Waals surface area (Å²) in [5.41, 5.74) is 0.353. The van der Waals surface area contributed by atoms with Gasteiger partial charge >= 0.3 is 24.3 Å². The second-order valence-electron chi connectivity index (χ2n) is 13.2. The zero-order valence-corrected chi connectivity index (χ0v) is 31.9. The van der Waals surface area contributed by atoms with E-state index in [0.29, 0.717) is 36.2 Å². The number of halogens is 7. The first-order chi connectivity index (χ1) is 27.6. The van der Waals surface area contributed by atoms with Crippen LogP contribution >= 0.6 is 0 Å². The molecule has 2 atom stereocenters. The average Bonchev–Trinajstić information content (AvgIpc) is 3.18. The number of aliphatic hydroxyl groups is 2. The number of alkyl halides is 6. The molecule has 320 valence electrons. The monoisotopic (exact) mass is 840 g/mol.